The molecular weight excluding hydrogens is 390 g/mol. The maximum Gasteiger partial charge on any atom is 0.264 e. The molecule has 0 unspecified atom stereocenters. The van der Waals surface area contributed by atoms with Crippen molar-refractivity contribution in [2.75, 3.05) is 13.7 Å². The average molecular weight is 422 g/mol. The molecule has 3 nitrogen and oxygen atoms in total. The second-order valence-electron chi connectivity index (χ2n) is 10.2. The van der Waals surface area contributed by atoms with Gasteiger partial charge in [-0.2, -0.15) is 0 Å². The smallest absolute Gasteiger partial charge is 0.264 e. The molecule has 5 aliphatic carbocycles. The van der Waals surface area contributed by atoms with E-state index in [-0.39, 0.29) is 11.4 Å². The van der Waals surface area contributed by atoms with Gasteiger partial charge in [-0.05, 0) is 117 Å². The van der Waals surface area contributed by atoms with Gasteiger partial charge in [0.05, 0.1) is 12.0 Å². The molecule has 30 heavy (non-hydrogen) atoms. The van der Waals surface area contributed by atoms with Crippen molar-refractivity contribution in [2.45, 2.75) is 63.8 Å². The van der Waals surface area contributed by atoms with Gasteiger partial charge in [0.1, 0.15) is 5.75 Å². The van der Waals surface area contributed by atoms with Gasteiger partial charge >= 0.3 is 0 Å². The van der Waals surface area contributed by atoms with E-state index >= 15 is 0 Å². The highest BCUT2D eigenvalue weighted by Crippen LogP contribution is 2.58. The SMILES string of the molecule is CCN(C(=O)c1cc2c(s1)-c1ccc(OC)cc1CC2)C12CC3CC(CC(C3)C1)C2. The molecule has 4 bridgehead atoms. The van der Waals surface area contributed by atoms with Crippen LogP contribution in [0.25, 0.3) is 10.4 Å². The van der Waals surface area contributed by atoms with Gasteiger partial charge in [0.15, 0.2) is 0 Å². The summed E-state index contributed by atoms with van der Waals surface area (Å²) in [5, 5.41) is 0. The highest BCUT2D eigenvalue weighted by molar-refractivity contribution is 7.17. The molecule has 4 fully saturated rings. The first-order valence-corrected chi connectivity index (χ1v) is 12.5. The number of carbonyl (C=O) groups is 1. The van der Waals surface area contributed by atoms with Crippen LogP contribution in [-0.2, 0) is 12.8 Å². The lowest BCUT2D eigenvalue weighted by molar-refractivity contribution is -0.0730. The zero-order valence-electron chi connectivity index (χ0n) is 18.1. The number of amides is 1. The fourth-order valence-corrected chi connectivity index (χ4v) is 8.79. The quantitative estimate of drug-likeness (QED) is 0.610. The van der Waals surface area contributed by atoms with E-state index in [1.54, 1.807) is 18.4 Å². The molecule has 1 amide bonds. The van der Waals surface area contributed by atoms with Crippen LogP contribution < -0.4 is 4.74 Å². The van der Waals surface area contributed by atoms with Crippen LogP contribution in [0.15, 0.2) is 24.3 Å². The number of ether oxygens (including phenoxy) is 1. The monoisotopic (exact) mass is 421 g/mol. The standard InChI is InChI=1S/C26H31NO2S/c1-3-27(26-13-16-8-17(14-26)10-18(9-16)15-26)25(28)23-12-20-5-4-19-11-21(29-2)6-7-22(19)24(20)30-23/h6-7,11-12,16-18H,3-5,8-10,13-15H2,1-2H3. The van der Waals surface area contributed by atoms with Crippen molar-refractivity contribution in [1.82, 2.24) is 4.90 Å². The van der Waals surface area contributed by atoms with Crippen molar-refractivity contribution in [2.24, 2.45) is 17.8 Å². The van der Waals surface area contributed by atoms with E-state index < -0.39 is 0 Å². The molecule has 4 saturated carbocycles. The molecule has 4 heteroatoms. The number of nitrogens with zero attached hydrogens (tertiary/aromatic N) is 1. The van der Waals surface area contributed by atoms with Crippen LogP contribution in [0.5, 0.6) is 5.75 Å². The fraction of sp³-hybridized carbons (Fsp3) is 0.577. The van der Waals surface area contributed by atoms with Gasteiger partial charge < -0.3 is 9.64 Å². The largest absolute Gasteiger partial charge is 0.497 e. The maximum absolute atomic E-state index is 13.8. The molecule has 1 aromatic carbocycles. The van der Waals surface area contributed by atoms with Gasteiger partial charge in [-0.3, -0.25) is 4.79 Å². The molecule has 0 radical (unpaired) electrons. The second kappa shape index (κ2) is 6.85. The molecule has 1 heterocycles. The lowest BCUT2D eigenvalue weighted by Gasteiger charge is -2.60. The molecule has 5 aliphatic rings. The molecule has 0 atom stereocenters. The Kier molecular flexibility index (Phi) is 4.32. The van der Waals surface area contributed by atoms with Gasteiger partial charge in [-0.25, -0.2) is 0 Å². The Morgan fingerprint density at radius 3 is 2.37 bits per heavy atom. The van der Waals surface area contributed by atoms with E-state index in [4.69, 9.17) is 4.74 Å². The predicted octanol–water partition coefficient (Wildman–Crippen LogP) is 5.95. The van der Waals surface area contributed by atoms with Crippen molar-refractivity contribution in [3.8, 4) is 16.2 Å². The number of hydrogen-bond donors (Lipinski definition) is 0. The molecular formula is C26H31NO2S. The van der Waals surface area contributed by atoms with Crippen LogP contribution in [0.4, 0.5) is 0 Å². The summed E-state index contributed by atoms with van der Waals surface area (Å²) < 4.78 is 5.42. The molecule has 0 saturated heterocycles. The van der Waals surface area contributed by atoms with Crippen LogP contribution in [-0.4, -0.2) is 30.0 Å². The normalized spacial score (nSPS) is 30.7. The molecule has 2 aromatic rings. The van der Waals surface area contributed by atoms with Crippen LogP contribution in [0.2, 0.25) is 0 Å². The van der Waals surface area contributed by atoms with E-state index in [9.17, 15) is 4.79 Å². The summed E-state index contributed by atoms with van der Waals surface area (Å²) in [5.74, 6) is 3.78. The van der Waals surface area contributed by atoms with Gasteiger partial charge in [0.2, 0.25) is 0 Å². The Labute approximate surface area is 183 Å². The summed E-state index contributed by atoms with van der Waals surface area (Å²) in [5.41, 5.74) is 4.12. The Balaban J connectivity index is 1.33. The van der Waals surface area contributed by atoms with Crippen molar-refractivity contribution in [3.63, 3.8) is 0 Å². The van der Waals surface area contributed by atoms with Gasteiger partial charge in [0, 0.05) is 17.0 Å². The first kappa shape index (κ1) is 18.9. The van der Waals surface area contributed by atoms with Crippen molar-refractivity contribution in [3.05, 3.63) is 40.3 Å². The minimum atomic E-state index is 0.135. The summed E-state index contributed by atoms with van der Waals surface area (Å²) >= 11 is 1.72. The van der Waals surface area contributed by atoms with Crippen LogP contribution in [0, 0.1) is 17.8 Å². The summed E-state index contributed by atoms with van der Waals surface area (Å²) in [6, 6.07) is 8.59. The molecule has 158 valence electrons. The minimum absolute atomic E-state index is 0.135. The van der Waals surface area contributed by atoms with E-state index in [0.29, 0.717) is 0 Å². The van der Waals surface area contributed by atoms with Gasteiger partial charge in [-0.15, -0.1) is 11.3 Å². The van der Waals surface area contributed by atoms with Gasteiger partial charge in [0.25, 0.3) is 5.91 Å². The number of aryl methyl sites for hydroxylation is 2. The highest BCUT2D eigenvalue weighted by Gasteiger charge is 2.54. The van der Waals surface area contributed by atoms with Crippen molar-refractivity contribution < 1.29 is 9.53 Å². The van der Waals surface area contributed by atoms with E-state index in [1.165, 1.54) is 60.1 Å². The number of methoxy groups -OCH3 is 1. The summed E-state index contributed by atoms with van der Waals surface area (Å²) in [6.07, 6.45) is 10.0. The highest BCUT2D eigenvalue weighted by atomic mass is 32.1. The lowest BCUT2D eigenvalue weighted by atomic mass is 9.52. The molecule has 1 aromatic heterocycles. The maximum atomic E-state index is 13.8. The van der Waals surface area contributed by atoms with Crippen molar-refractivity contribution >= 4 is 17.2 Å². The Morgan fingerprint density at radius 1 is 1.07 bits per heavy atom. The number of rotatable bonds is 4. The molecule has 7 rings (SSSR count). The third-order valence-corrected chi connectivity index (χ3v) is 9.58. The third kappa shape index (κ3) is 2.79. The number of hydrogen-bond acceptors (Lipinski definition) is 3. The van der Waals surface area contributed by atoms with Crippen LogP contribution in [0.1, 0.15) is 66.2 Å². The Bertz CT molecular complexity index is 971. The van der Waals surface area contributed by atoms with Crippen LogP contribution in [0.3, 0.4) is 0 Å². The first-order chi connectivity index (χ1) is 14.6. The Hall–Kier alpha value is -1.81. The van der Waals surface area contributed by atoms with E-state index in [0.717, 1.165) is 47.8 Å². The lowest BCUT2D eigenvalue weighted by Crippen LogP contribution is -2.61. The molecule has 0 aliphatic heterocycles. The number of benzene rings is 1. The topological polar surface area (TPSA) is 29.5 Å². The summed E-state index contributed by atoms with van der Waals surface area (Å²) in [4.78, 5) is 18.4. The number of fused-ring (bicyclic) bond motifs is 3. The third-order valence-electron chi connectivity index (χ3n) is 8.38. The second-order valence-corrected chi connectivity index (χ2v) is 11.2. The van der Waals surface area contributed by atoms with E-state index in [2.05, 4.69) is 30.0 Å². The molecule has 0 N–H and O–H groups in total. The zero-order chi connectivity index (χ0) is 20.5. The zero-order valence-corrected chi connectivity index (χ0v) is 18.9. The van der Waals surface area contributed by atoms with Crippen LogP contribution >= 0.6 is 11.3 Å². The molecule has 0 spiro atoms. The summed E-state index contributed by atoms with van der Waals surface area (Å²) in [6.45, 7) is 3.02. The predicted molar refractivity (Wildman–Crippen MR) is 121 cm³/mol. The first-order valence-electron chi connectivity index (χ1n) is 11.7. The average Bonchev–Trinajstić information content (AvgIpc) is 3.17. The summed E-state index contributed by atoms with van der Waals surface area (Å²) in [7, 11) is 1.72. The van der Waals surface area contributed by atoms with Crippen molar-refractivity contribution in [1.29, 1.82) is 0 Å². The van der Waals surface area contributed by atoms with E-state index in [1.807, 2.05) is 6.07 Å². The van der Waals surface area contributed by atoms with Gasteiger partial charge in [-0.1, -0.05) is 0 Å². The number of carbonyl (C=O) groups excluding carboxylic acids is 1. The number of thiophene rings is 1. The minimum Gasteiger partial charge on any atom is -0.497 e. The fourth-order valence-electron chi connectivity index (χ4n) is 7.57. The Morgan fingerprint density at radius 2 is 1.73 bits per heavy atom.